The SMILES string of the molecule is CC(CCN(C)C)Nc1ccc(C(F)(F)F)c(C(N)=S)c1. The van der Waals surface area contributed by atoms with Gasteiger partial charge in [-0.15, -0.1) is 0 Å². The van der Waals surface area contributed by atoms with Crippen LogP contribution in [-0.2, 0) is 6.18 Å². The Kier molecular flexibility index (Phi) is 5.98. The summed E-state index contributed by atoms with van der Waals surface area (Å²) in [7, 11) is 3.94. The van der Waals surface area contributed by atoms with Crippen molar-refractivity contribution >= 4 is 22.9 Å². The Balaban J connectivity index is 2.91. The van der Waals surface area contributed by atoms with E-state index in [1.54, 1.807) is 0 Å². The van der Waals surface area contributed by atoms with Gasteiger partial charge < -0.3 is 16.0 Å². The summed E-state index contributed by atoms with van der Waals surface area (Å²) in [5.74, 6) is 0. The van der Waals surface area contributed by atoms with Gasteiger partial charge in [0.25, 0.3) is 0 Å². The van der Waals surface area contributed by atoms with Gasteiger partial charge in [-0.25, -0.2) is 0 Å². The Bertz CT molecular complexity index is 501. The number of halogens is 3. The highest BCUT2D eigenvalue weighted by atomic mass is 32.1. The summed E-state index contributed by atoms with van der Waals surface area (Å²) in [5, 5.41) is 3.16. The summed E-state index contributed by atoms with van der Waals surface area (Å²) >= 11 is 4.72. The Morgan fingerprint density at radius 2 is 2.00 bits per heavy atom. The van der Waals surface area contributed by atoms with Gasteiger partial charge in [0.1, 0.15) is 4.99 Å². The molecule has 3 nitrogen and oxygen atoms in total. The number of alkyl halides is 3. The van der Waals surface area contributed by atoms with Crippen LogP contribution in [-0.4, -0.2) is 36.6 Å². The van der Waals surface area contributed by atoms with Crippen molar-refractivity contribution in [2.75, 3.05) is 26.0 Å². The molecule has 7 heteroatoms. The van der Waals surface area contributed by atoms with Crippen LogP contribution in [0.4, 0.5) is 18.9 Å². The van der Waals surface area contributed by atoms with E-state index in [2.05, 4.69) is 5.32 Å². The summed E-state index contributed by atoms with van der Waals surface area (Å²) in [5.41, 5.74) is 5.03. The zero-order valence-electron chi connectivity index (χ0n) is 12.3. The molecule has 0 spiro atoms. The fourth-order valence-electron chi connectivity index (χ4n) is 1.89. The van der Waals surface area contributed by atoms with Crippen molar-refractivity contribution < 1.29 is 13.2 Å². The molecule has 0 fully saturated rings. The van der Waals surface area contributed by atoms with E-state index in [0.717, 1.165) is 19.0 Å². The van der Waals surface area contributed by atoms with Gasteiger partial charge >= 0.3 is 6.18 Å². The number of hydrogen-bond donors (Lipinski definition) is 2. The molecule has 1 unspecified atom stereocenters. The molecule has 0 heterocycles. The number of nitrogens with zero attached hydrogens (tertiary/aromatic N) is 1. The molecule has 0 aliphatic heterocycles. The first-order valence-corrected chi connectivity index (χ1v) is 6.94. The minimum Gasteiger partial charge on any atom is -0.389 e. The van der Waals surface area contributed by atoms with Gasteiger partial charge in [-0.2, -0.15) is 13.2 Å². The zero-order valence-corrected chi connectivity index (χ0v) is 13.1. The number of nitrogens with two attached hydrogens (primary N) is 1. The number of hydrogen-bond acceptors (Lipinski definition) is 3. The van der Waals surface area contributed by atoms with Crippen LogP contribution in [0, 0.1) is 0 Å². The molecule has 0 amide bonds. The van der Waals surface area contributed by atoms with E-state index >= 15 is 0 Å². The average Bonchev–Trinajstić information content (AvgIpc) is 2.34. The number of rotatable bonds is 6. The second-order valence-electron chi connectivity index (χ2n) is 5.26. The maximum absolute atomic E-state index is 12.9. The van der Waals surface area contributed by atoms with Crippen LogP contribution in [0.5, 0.6) is 0 Å². The van der Waals surface area contributed by atoms with Gasteiger partial charge in [-0.05, 0) is 52.2 Å². The Labute approximate surface area is 128 Å². The highest BCUT2D eigenvalue weighted by Crippen LogP contribution is 2.33. The van der Waals surface area contributed by atoms with Crippen molar-refractivity contribution in [2.45, 2.75) is 25.6 Å². The van der Waals surface area contributed by atoms with E-state index in [1.807, 2.05) is 25.9 Å². The van der Waals surface area contributed by atoms with Crippen molar-refractivity contribution in [3.8, 4) is 0 Å². The number of nitrogens with one attached hydrogen (secondary N) is 1. The molecule has 0 saturated carbocycles. The molecular formula is C14H20F3N3S. The molecule has 1 atom stereocenters. The van der Waals surface area contributed by atoms with Crippen LogP contribution in [0.15, 0.2) is 18.2 Å². The second kappa shape index (κ2) is 7.09. The van der Waals surface area contributed by atoms with E-state index in [0.29, 0.717) is 5.69 Å². The van der Waals surface area contributed by atoms with Gasteiger partial charge in [-0.3, -0.25) is 0 Å². The molecule has 118 valence electrons. The third kappa shape index (κ3) is 5.51. The first-order chi connectivity index (χ1) is 9.61. The first-order valence-electron chi connectivity index (χ1n) is 6.53. The number of anilines is 1. The second-order valence-corrected chi connectivity index (χ2v) is 5.70. The molecule has 3 N–H and O–H groups in total. The monoisotopic (exact) mass is 319 g/mol. The lowest BCUT2D eigenvalue weighted by atomic mass is 10.1. The van der Waals surface area contributed by atoms with E-state index < -0.39 is 11.7 Å². The molecule has 0 aliphatic rings. The van der Waals surface area contributed by atoms with E-state index in [-0.39, 0.29) is 16.6 Å². The maximum atomic E-state index is 12.9. The van der Waals surface area contributed by atoms with Crippen molar-refractivity contribution in [3.05, 3.63) is 29.3 Å². The molecule has 0 aliphatic carbocycles. The maximum Gasteiger partial charge on any atom is 0.417 e. The average molecular weight is 319 g/mol. The molecule has 0 aromatic heterocycles. The smallest absolute Gasteiger partial charge is 0.389 e. The molecule has 1 aromatic rings. The summed E-state index contributed by atoms with van der Waals surface area (Å²) in [6.45, 7) is 2.86. The van der Waals surface area contributed by atoms with E-state index in [9.17, 15) is 13.2 Å². The predicted molar refractivity (Wildman–Crippen MR) is 83.6 cm³/mol. The van der Waals surface area contributed by atoms with Gasteiger partial charge in [0.2, 0.25) is 0 Å². The Morgan fingerprint density at radius 1 is 1.38 bits per heavy atom. The fourth-order valence-corrected chi connectivity index (χ4v) is 2.06. The van der Waals surface area contributed by atoms with Gasteiger partial charge in [-0.1, -0.05) is 12.2 Å². The quantitative estimate of drug-likeness (QED) is 0.791. The third-order valence-corrected chi connectivity index (χ3v) is 3.23. The molecule has 1 aromatic carbocycles. The standard InChI is InChI=1S/C14H20F3N3S/c1-9(6-7-20(2)3)19-10-4-5-12(14(15,16)17)11(8-10)13(18)21/h4-5,8-9,19H,6-7H2,1-3H3,(H2,18,21). The van der Waals surface area contributed by atoms with Crippen molar-refractivity contribution in [3.63, 3.8) is 0 Å². The third-order valence-electron chi connectivity index (χ3n) is 3.01. The fraction of sp³-hybridized carbons (Fsp3) is 0.500. The van der Waals surface area contributed by atoms with Crippen LogP contribution in [0.2, 0.25) is 0 Å². The van der Waals surface area contributed by atoms with Gasteiger partial charge in [0.05, 0.1) is 5.56 Å². The van der Waals surface area contributed by atoms with Crippen LogP contribution in [0.25, 0.3) is 0 Å². The van der Waals surface area contributed by atoms with E-state index in [4.69, 9.17) is 18.0 Å². The molecular weight excluding hydrogens is 299 g/mol. The Morgan fingerprint density at radius 3 is 2.48 bits per heavy atom. The number of thiocarbonyl (C=S) groups is 1. The summed E-state index contributed by atoms with van der Waals surface area (Å²) < 4.78 is 38.6. The normalized spacial score (nSPS) is 13.3. The van der Waals surface area contributed by atoms with Crippen molar-refractivity contribution in [1.82, 2.24) is 4.90 Å². The highest BCUT2D eigenvalue weighted by molar-refractivity contribution is 7.80. The summed E-state index contributed by atoms with van der Waals surface area (Å²) in [6.07, 6.45) is -3.59. The van der Waals surface area contributed by atoms with Gasteiger partial charge in [0.15, 0.2) is 0 Å². The van der Waals surface area contributed by atoms with Crippen LogP contribution in [0.1, 0.15) is 24.5 Å². The zero-order chi connectivity index (χ0) is 16.2. The van der Waals surface area contributed by atoms with E-state index in [1.165, 1.54) is 12.1 Å². The lowest BCUT2D eigenvalue weighted by Crippen LogP contribution is -2.23. The predicted octanol–water partition coefficient (Wildman–Crippen LogP) is 3.09. The first kappa shape index (κ1) is 17.7. The lowest BCUT2D eigenvalue weighted by molar-refractivity contribution is -0.137. The minimum absolute atomic E-state index is 0.128. The lowest BCUT2D eigenvalue weighted by Gasteiger charge is -2.19. The molecule has 0 saturated heterocycles. The van der Waals surface area contributed by atoms with Gasteiger partial charge in [0, 0.05) is 17.3 Å². The topological polar surface area (TPSA) is 41.3 Å². The highest BCUT2D eigenvalue weighted by Gasteiger charge is 2.34. The molecule has 0 radical (unpaired) electrons. The van der Waals surface area contributed by atoms with Crippen LogP contribution < -0.4 is 11.1 Å². The molecule has 0 bridgehead atoms. The molecule has 1 rings (SSSR count). The van der Waals surface area contributed by atoms with Crippen LogP contribution in [0.3, 0.4) is 0 Å². The largest absolute Gasteiger partial charge is 0.417 e. The summed E-state index contributed by atoms with van der Waals surface area (Å²) in [4.78, 5) is 1.79. The van der Waals surface area contributed by atoms with Crippen LogP contribution >= 0.6 is 12.2 Å². The van der Waals surface area contributed by atoms with Crippen molar-refractivity contribution in [2.24, 2.45) is 5.73 Å². The molecule has 21 heavy (non-hydrogen) atoms. The Hall–Kier alpha value is -1.34. The minimum atomic E-state index is -4.46. The summed E-state index contributed by atoms with van der Waals surface area (Å²) in [6, 6.07) is 3.90. The number of benzene rings is 1. The van der Waals surface area contributed by atoms with Crippen molar-refractivity contribution in [1.29, 1.82) is 0 Å².